The molecule has 0 aliphatic heterocycles. The first kappa shape index (κ1) is 16.5. The normalized spacial score (nSPS) is 15.2. The number of hydrogen-bond donors (Lipinski definition) is 2. The Kier molecular flexibility index (Phi) is 6.52. The van der Waals surface area contributed by atoms with Crippen LogP contribution < -0.4 is 15.8 Å². The van der Waals surface area contributed by atoms with Crippen LogP contribution in [0.2, 0.25) is 0 Å². The second-order valence-corrected chi connectivity index (χ2v) is 5.34. The molecule has 1 unspecified atom stereocenters. The fourth-order valence-corrected chi connectivity index (χ4v) is 2.10. The molecule has 3 atom stereocenters. The van der Waals surface area contributed by atoms with Crippen LogP contribution in [0.3, 0.4) is 0 Å². The molecular weight excluding hydrogens is 252 g/mol. The minimum Gasteiger partial charge on any atom is -0.496 e. The number of ether oxygens (including phenoxy) is 1. The van der Waals surface area contributed by atoms with Gasteiger partial charge in [0.2, 0.25) is 5.91 Å². The van der Waals surface area contributed by atoms with Crippen molar-refractivity contribution in [2.24, 2.45) is 11.7 Å². The minimum absolute atomic E-state index is 0.0221. The lowest BCUT2D eigenvalue weighted by Gasteiger charge is -2.21. The number of para-hydroxylation sites is 1. The van der Waals surface area contributed by atoms with Gasteiger partial charge < -0.3 is 15.8 Å². The van der Waals surface area contributed by atoms with Gasteiger partial charge in [-0.1, -0.05) is 38.5 Å². The number of rotatable bonds is 7. The fraction of sp³-hybridized carbons (Fsp3) is 0.562. The molecule has 0 spiro atoms. The van der Waals surface area contributed by atoms with Crippen LogP contribution in [0, 0.1) is 5.92 Å². The van der Waals surface area contributed by atoms with Gasteiger partial charge in [-0.05, 0) is 30.9 Å². The lowest BCUT2D eigenvalue weighted by Crippen LogP contribution is -2.48. The van der Waals surface area contributed by atoms with E-state index >= 15 is 0 Å². The van der Waals surface area contributed by atoms with Crippen LogP contribution in [-0.2, 0) is 11.2 Å². The third-order valence-electron chi connectivity index (χ3n) is 3.67. The molecular formula is C16H26N2O2. The summed E-state index contributed by atoms with van der Waals surface area (Å²) in [6, 6.07) is 7.42. The Labute approximate surface area is 121 Å². The molecule has 20 heavy (non-hydrogen) atoms. The molecule has 0 saturated heterocycles. The van der Waals surface area contributed by atoms with Crippen LogP contribution in [0.1, 0.15) is 32.8 Å². The number of methoxy groups -OCH3 is 1. The van der Waals surface area contributed by atoms with Gasteiger partial charge in [-0.3, -0.25) is 4.79 Å². The van der Waals surface area contributed by atoms with E-state index in [1.807, 2.05) is 45.0 Å². The summed E-state index contributed by atoms with van der Waals surface area (Å²) in [5.74, 6) is 0.954. The van der Waals surface area contributed by atoms with Gasteiger partial charge in [0, 0.05) is 6.04 Å². The highest BCUT2D eigenvalue weighted by Gasteiger charge is 2.21. The summed E-state index contributed by atoms with van der Waals surface area (Å²) in [4.78, 5) is 12.0. The topological polar surface area (TPSA) is 64.4 Å². The van der Waals surface area contributed by atoms with Crippen LogP contribution in [0.15, 0.2) is 24.3 Å². The minimum atomic E-state index is -0.444. The SMILES string of the molecule is CC[C@H](C)[C@H](N)C(=O)NC(C)Cc1ccccc1OC. The highest BCUT2D eigenvalue weighted by molar-refractivity contribution is 5.82. The Morgan fingerprint density at radius 3 is 2.60 bits per heavy atom. The van der Waals surface area contributed by atoms with E-state index in [4.69, 9.17) is 10.5 Å². The molecule has 0 aromatic heterocycles. The number of carbonyl (C=O) groups is 1. The number of benzene rings is 1. The van der Waals surface area contributed by atoms with Gasteiger partial charge in [-0.2, -0.15) is 0 Å². The fourth-order valence-electron chi connectivity index (χ4n) is 2.10. The van der Waals surface area contributed by atoms with Gasteiger partial charge in [0.15, 0.2) is 0 Å². The second-order valence-electron chi connectivity index (χ2n) is 5.34. The summed E-state index contributed by atoms with van der Waals surface area (Å²) in [6.45, 7) is 6.01. The third-order valence-corrected chi connectivity index (χ3v) is 3.67. The Morgan fingerprint density at radius 2 is 2.00 bits per heavy atom. The van der Waals surface area contributed by atoms with E-state index in [0.29, 0.717) is 0 Å². The van der Waals surface area contributed by atoms with Crippen molar-refractivity contribution in [3.05, 3.63) is 29.8 Å². The molecule has 0 aliphatic rings. The maximum absolute atomic E-state index is 12.0. The van der Waals surface area contributed by atoms with Crippen molar-refractivity contribution in [3.8, 4) is 5.75 Å². The first-order valence-electron chi connectivity index (χ1n) is 7.17. The number of nitrogens with one attached hydrogen (secondary N) is 1. The summed E-state index contributed by atoms with van der Waals surface area (Å²) < 4.78 is 5.32. The Morgan fingerprint density at radius 1 is 1.35 bits per heavy atom. The molecule has 3 N–H and O–H groups in total. The Hall–Kier alpha value is -1.55. The molecule has 1 rings (SSSR count). The summed E-state index contributed by atoms with van der Waals surface area (Å²) in [6.07, 6.45) is 1.62. The van der Waals surface area contributed by atoms with Crippen molar-refractivity contribution in [1.82, 2.24) is 5.32 Å². The molecule has 0 heterocycles. The molecule has 4 nitrogen and oxygen atoms in total. The second kappa shape index (κ2) is 7.90. The maximum atomic E-state index is 12.0. The molecule has 0 bridgehead atoms. The van der Waals surface area contributed by atoms with Gasteiger partial charge in [0.05, 0.1) is 13.2 Å². The van der Waals surface area contributed by atoms with Crippen LogP contribution in [-0.4, -0.2) is 25.1 Å². The zero-order valence-electron chi connectivity index (χ0n) is 12.8. The van der Waals surface area contributed by atoms with E-state index in [-0.39, 0.29) is 17.9 Å². The number of carbonyl (C=O) groups excluding carboxylic acids is 1. The van der Waals surface area contributed by atoms with Crippen LogP contribution in [0.25, 0.3) is 0 Å². The average molecular weight is 278 g/mol. The van der Waals surface area contributed by atoms with Crippen molar-refractivity contribution < 1.29 is 9.53 Å². The molecule has 112 valence electrons. The standard InChI is InChI=1S/C16H26N2O2/c1-5-11(2)15(17)16(19)18-12(3)10-13-8-6-7-9-14(13)20-4/h6-9,11-12,15H,5,10,17H2,1-4H3,(H,18,19)/t11-,12?,15-/m0/s1. The van der Waals surface area contributed by atoms with Crippen LogP contribution in [0.4, 0.5) is 0 Å². The molecule has 0 radical (unpaired) electrons. The summed E-state index contributed by atoms with van der Waals surface area (Å²) in [7, 11) is 1.65. The summed E-state index contributed by atoms with van der Waals surface area (Å²) >= 11 is 0. The summed E-state index contributed by atoms with van der Waals surface area (Å²) in [5.41, 5.74) is 7.02. The van der Waals surface area contributed by atoms with Gasteiger partial charge in [-0.15, -0.1) is 0 Å². The van der Waals surface area contributed by atoms with E-state index in [9.17, 15) is 4.79 Å². The van der Waals surface area contributed by atoms with Crippen molar-refractivity contribution in [2.45, 2.75) is 45.7 Å². The lowest BCUT2D eigenvalue weighted by molar-refractivity contribution is -0.124. The smallest absolute Gasteiger partial charge is 0.237 e. The predicted octanol–water partition coefficient (Wildman–Crippen LogP) is 2.12. The third kappa shape index (κ3) is 4.53. The Balaban J connectivity index is 2.59. The molecule has 4 heteroatoms. The first-order valence-corrected chi connectivity index (χ1v) is 7.17. The highest BCUT2D eigenvalue weighted by atomic mass is 16.5. The Bertz CT molecular complexity index is 434. The van der Waals surface area contributed by atoms with E-state index < -0.39 is 6.04 Å². The number of nitrogens with two attached hydrogens (primary N) is 1. The maximum Gasteiger partial charge on any atom is 0.237 e. The first-order chi connectivity index (χ1) is 9.49. The molecule has 1 aromatic carbocycles. The molecule has 0 fully saturated rings. The van der Waals surface area contributed by atoms with E-state index in [2.05, 4.69) is 5.32 Å². The van der Waals surface area contributed by atoms with Crippen molar-refractivity contribution in [3.63, 3.8) is 0 Å². The average Bonchev–Trinajstić information content (AvgIpc) is 2.45. The van der Waals surface area contributed by atoms with Gasteiger partial charge >= 0.3 is 0 Å². The number of hydrogen-bond acceptors (Lipinski definition) is 3. The van der Waals surface area contributed by atoms with Crippen LogP contribution in [0.5, 0.6) is 5.75 Å². The quantitative estimate of drug-likeness (QED) is 0.803. The van der Waals surface area contributed by atoms with E-state index in [1.165, 1.54) is 0 Å². The van der Waals surface area contributed by atoms with Gasteiger partial charge in [0.1, 0.15) is 5.75 Å². The molecule has 1 amide bonds. The highest BCUT2D eigenvalue weighted by Crippen LogP contribution is 2.18. The molecule has 0 aliphatic carbocycles. The lowest BCUT2D eigenvalue weighted by atomic mass is 9.98. The van der Waals surface area contributed by atoms with Gasteiger partial charge in [-0.25, -0.2) is 0 Å². The summed E-state index contributed by atoms with van der Waals surface area (Å²) in [5, 5.41) is 2.98. The van der Waals surface area contributed by atoms with Crippen molar-refractivity contribution in [1.29, 1.82) is 0 Å². The monoisotopic (exact) mass is 278 g/mol. The predicted molar refractivity (Wildman–Crippen MR) is 81.7 cm³/mol. The zero-order valence-corrected chi connectivity index (χ0v) is 12.8. The molecule has 1 aromatic rings. The van der Waals surface area contributed by atoms with Gasteiger partial charge in [0.25, 0.3) is 0 Å². The van der Waals surface area contributed by atoms with E-state index in [0.717, 1.165) is 24.2 Å². The largest absolute Gasteiger partial charge is 0.496 e. The zero-order chi connectivity index (χ0) is 15.1. The molecule has 0 saturated carbocycles. The van der Waals surface area contributed by atoms with E-state index in [1.54, 1.807) is 7.11 Å². The van der Waals surface area contributed by atoms with Crippen molar-refractivity contribution in [2.75, 3.05) is 7.11 Å². The van der Waals surface area contributed by atoms with Crippen LogP contribution >= 0.6 is 0 Å². The van der Waals surface area contributed by atoms with Crippen molar-refractivity contribution >= 4 is 5.91 Å². The number of amides is 1.